The molecule has 0 bridgehead atoms. The monoisotopic (exact) mass is 349 g/mol. The average Bonchev–Trinajstić information content (AvgIpc) is 3.04. The number of carbonyl (C=O) groups is 1. The molecule has 25 heavy (non-hydrogen) atoms. The van der Waals surface area contributed by atoms with E-state index in [0.29, 0.717) is 12.1 Å². The molecule has 1 N–H and O–H groups in total. The first-order chi connectivity index (χ1) is 11.9. The van der Waals surface area contributed by atoms with Crippen LogP contribution in [0.25, 0.3) is 0 Å². The summed E-state index contributed by atoms with van der Waals surface area (Å²) < 4.78 is 5.28. The third kappa shape index (κ3) is 4.67. The molecule has 140 valence electrons. The highest BCUT2D eigenvalue weighted by molar-refractivity contribution is 5.90. The van der Waals surface area contributed by atoms with Gasteiger partial charge in [0, 0.05) is 57.6 Å². The molecule has 1 aromatic heterocycles. The van der Waals surface area contributed by atoms with Crippen molar-refractivity contribution in [2.75, 3.05) is 45.8 Å². The van der Waals surface area contributed by atoms with Gasteiger partial charge in [-0.2, -0.15) is 0 Å². The van der Waals surface area contributed by atoms with E-state index in [1.54, 1.807) is 21.2 Å². The van der Waals surface area contributed by atoms with Crippen LogP contribution in [0.3, 0.4) is 0 Å². The Morgan fingerprint density at radius 1 is 1.40 bits per heavy atom. The first-order valence-corrected chi connectivity index (χ1v) is 8.94. The van der Waals surface area contributed by atoms with Crippen LogP contribution in [0.4, 0.5) is 5.82 Å². The maximum absolute atomic E-state index is 12.3. The molecular formula is C18H31N5O2. The summed E-state index contributed by atoms with van der Waals surface area (Å²) >= 11 is 0. The van der Waals surface area contributed by atoms with Crippen LogP contribution < -0.4 is 10.2 Å². The van der Waals surface area contributed by atoms with Gasteiger partial charge in [0.1, 0.15) is 5.82 Å². The normalized spacial score (nSPS) is 18.5. The minimum absolute atomic E-state index is 0.163. The van der Waals surface area contributed by atoms with Gasteiger partial charge >= 0.3 is 0 Å². The molecule has 0 saturated carbocycles. The van der Waals surface area contributed by atoms with Crippen LogP contribution in [-0.4, -0.2) is 73.8 Å². The van der Waals surface area contributed by atoms with Gasteiger partial charge in [0.25, 0.3) is 5.91 Å². The van der Waals surface area contributed by atoms with Crippen molar-refractivity contribution in [2.45, 2.75) is 45.7 Å². The molecule has 0 aliphatic carbocycles. The summed E-state index contributed by atoms with van der Waals surface area (Å²) in [6.45, 7) is 8.65. The summed E-state index contributed by atoms with van der Waals surface area (Å²) in [5, 5.41) is 3.67. The number of hydrogen-bond acceptors (Lipinski definition) is 6. The number of rotatable bonds is 7. The van der Waals surface area contributed by atoms with Crippen LogP contribution in [0, 0.1) is 13.8 Å². The van der Waals surface area contributed by atoms with Gasteiger partial charge in [-0.25, -0.2) is 9.97 Å². The van der Waals surface area contributed by atoms with E-state index in [2.05, 4.69) is 27.1 Å². The smallest absolute Gasteiger partial charge is 0.291 e. The van der Waals surface area contributed by atoms with Gasteiger partial charge in [-0.3, -0.25) is 4.79 Å². The van der Waals surface area contributed by atoms with Crippen molar-refractivity contribution in [2.24, 2.45) is 0 Å². The summed E-state index contributed by atoms with van der Waals surface area (Å²) in [5.74, 6) is 0.983. The fraction of sp³-hybridized carbons (Fsp3) is 0.722. The molecule has 2 rings (SSSR count). The Balaban J connectivity index is 2.15. The second-order valence-electron chi connectivity index (χ2n) is 6.94. The summed E-state index contributed by atoms with van der Waals surface area (Å²) in [6, 6.07) is 0.775. The first-order valence-electron chi connectivity index (χ1n) is 8.94. The molecule has 2 atom stereocenters. The number of carbonyl (C=O) groups excluding carboxylic acids is 1. The third-order valence-electron chi connectivity index (χ3n) is 4.78. The summed E-state index contributed by atoms with van der Waals surface area (Å²) in [5.41, 5.74) is 1.90. The summed E-state index contributed by atoms with van der Waals surface area (Å²) in [4.78, 5) is 25.0. The molecule has 7 heteroatoms. The van der Waals surface area contributed by atoms with Crippen LogP contribution in [0.2, 0.25) is 0 Å². The Morgan fingerprint density at radius 3 is 2.72 bits per heavy atom. The van der Waals surface area contributed by atoms with E-state index in [1.807, 2.05) is 13.8 Å². The standard InChI is InChI=1S/C18H31N5O2/c1-7-14(11-25-6)20-15-8-9-23(10-15)17-12(2)13(3)19-16(21-17)18(24)22(4)5/h14-15,20H,7-11H2,1-6H3/t14?,15-/m1/s1. The number of aryl methyl sites for hydroxylation is 1. The van der Waals surface area contributed by atoms with Crippen molar-refractivity contribution in [3.05, 3.63) is 17.1 Å². The molecule has 2 heterocycles. The number of methoxy groups -OCH3 is 1. The van der Waals surface area contributed by atoms with Crippen molar-refractivity contribution in [1.82, 2.24) is 20.2 Å². The second kappa shape index (κ2) is 8.58. The van der Waals surface area contributed by atoms with Gasteiger partial charge in [0.15, 0.2) is 0 Å². The Labute approximate surface area is 150 Å². The number of aromatic nitrogens is 2. The van der Waals surface area contributed by atoms with Gasteiger partial charge in [-0.1, -0.05) is 6.92 Å². The predicted octanol–water partition coefficient (Wildman–Crippen LogP) is 1.39. The van der Waals surface area contributed by atoms with Crippen molar-refractivity contribution in [3.63, 3.8) is 0 Å². The fourth-order valence-corrected chi connectivity index (χ4v) is 3.12. The number of nitrogens with zero attached hydrogens (tertiary/aromatic N) is 4. The van der Waals surface area contributed by atoms with Gasteiger partial charge in [-0.15, -0.1) is 0 Å². The molecule has 1 aliphatic rings. The summed E-state index contributed by atoms with van der Waals surface area (Å²) in [7, 11) is 5.18. The van der Waals surface area contributed by atoms with E-state index >= 15 is 0 Å². The number of amides is 1. The number of anilines is 1. The van der Waals surface area contributed by atoms with Crippen LogP contribution in [0.5, 0.6) is 0 Å². The second-order valence-corrected chi connectivity index (χ2v) is 6.94. The molecule has 1 saturated heterocycles. The van der Waals surface area contributed by atoms with Gasteiger partial charge in [0.2, 0.25) is 5.82 Å². The highest BCUT2D eigenvalue weighted by Gasteiger charge is 2.28. The lowest BCUT2D eigenvalue weighted by Gasteiger charge is -2.24. The minimum Gasteiger partial charge on any atom is -0.383 e. The number of nitrogens with one attached hydrogen (secondary N) is 1. The molecular weight excluding hydrogens is 318 g/mol. The molecule has 0 radical (unpaired) electrons. The van der Waals surface area contributed by atoms with E-state index in [1.165, 1.54) is 4.90 Å². The van der Waals surface area contributed by atoms with Crippen molar-refractivity contribution in [3.8, 4) is 0 Å². The molecule has 1 amide bonds. The van der Waals surface area contributed by atoms with Gasteiger partial charge < -0.3 is 19.9 Å². The molecule has 0 aromatic carbocycles. The zero-order chi connectivity index (χ0) is 18.6. The SMILES string of the molecule is CCC(COC)N[C@@H]1CCN(c2nc(C(=O)N(C)C)nc(C)c2C)C1. The van der Waals surface area contributed by atoms with Crippen molar-refractivity contribution in [1.29, 1.82) is 0 Å². The topological polar surface area (TPSA) is 70.6 Å². The van der Waals surface area contributed by atoms with Crippen LogP contribution in [-0.2, 0) is 4.74 Å². The van der Waals surface area contributed by atoms with E-state index in [9.17, 15) is 4.79 Å². The highest BCUT2D eigenvalue weighted by Crippen LogP contribution is 2.24. The first kappa shape index (κ1) is 19.6. The lowest BCUT2D eigenvalue weighted by Crippen LogP contribution is -2.42. The van der Waals surface area contributed by atoms with Crippen LogP contribution >= 0.6 is 0 Å². The molecule has 1 aromatic rings. The van der Waals surface area contributed by atoms with Crippen molar-refractivity contribution >= 4 is 11.7 Å². The Morgan fingerprint density at radius 2 is 2.12 bits per heavy atom. The maximum atomic E-state index is 12.3. The van der Waals surface area contributed by atoms with Crippen molar-refractivity contribution < 1.29 is 9.53 Å². The predicted molar refractivity (Wildman–Crippen MR) is 99.2 cm³/mol. The molecule has 1 aliphatic heterocycles. The van der Waals surface area contributed by atoms with E-state index < -0.39 is 0 Å². The van der Waals surface area contributed by atoms with E-state index in [0.717, 1.165) is 49.6 Å². The molecule has 0 spiro atoms. The van der Waals surface area contributed by atoms with Gasteiger partial charge in [0.05, 0.1) is 6.61 Å². The Hall–Kier alpha value is -1.73. The van der Waals surface area contributed by atoms with Gasteiger partial charge in [-0.05, 0) is 26.7 Å². The lowest BCUT2D eigenvalue weighted by atomic mass is 10.2. The zero-order valence-electron chi connectivity index (χ0n) is 16.3. The maximum Gasteiger partial charge on any atom is 0.291 e. The average molecular weight is 349 g/mol. The largest absolute Gasteiger partial charge is 0.383 e. The minimum atomic E-state index is -0.163. The lowest BCUT2D eigenvalue weighted by molar-refractivity contribution is 0.0815. The van der Waals surface area contributed by atoms with Crippen LogP contribution in [0.15, 0.2) is 0 Å². The molecule has 1 unspecified atom stereocenters. The molecule has 1 fully saturated rings. The zero-order valence-corrected chi connectivity index (χ0v) is 16.3. The number of ether oxygens (including phenoxy) is 1. The van der Waals surface area contributed by atoms with E-state index in [4.69, 9.17) is 4.74 Å². The Bertz CT molecular complexity index is 605. The third-order valence-corrected chi connectivity index (χ3v) is 4.78. The summed E-state index contributed by atoms with van der Waals surface area (Å²) in [6.07, 6.45) is 2.09. The Kier molecular flexibility index (Phi) is 6.72. The highest BCUT2D eigenvalue weighted by atomic mass is 16.5. The van der Waals surface area contributed by atoms with Crippen LogP contribution in [0.1, 0.15) is 41.6 Å². The van der Waals surface area contributed by atoms with E-state index in [-0.39, 0.29) is 11.7 Å². The number of hydrogen-bond donors (Lipinski definition) is 1. The fourth-order valence-electron chi connectivity index (χ4n) is 3.12. The quantitative estimate of drug-likeness (QED) is 0.802. The molecule has 7 nitrogen and oxygen atoms in total.